The average Bonchev–Trinajstić information content (AvgIpc) is 3.32. The van der Waals surface area contributed by atoms with Crippen LogP contribution in [0.3, 0.4) is 0 Å². The van der Waals surface area contributed by atoms with E-state index in [0.717, 1.165) is 43.7 Å². The third-order valence-electron chi connectivity index (χ3n) is 5.86. The molecule has 2 aromatic rings. The summed E-state index contributed by atoms with van der Waals surface area (Å²) < 4.78 is 10.7. The van der Waals surface area contributed by atoms with Crippen molar-refractivity contribution in [2.24, 2.45) is 5.92 Å². The summed E-state index contributed by atoms with van der Waals surface area (Å²) in [5.74, 6) is 1.55. The van der Waals surface area contributed by atoms with Gasteiger partial charge in [0.1, 0.15) is 11.5 Å². The molecule has 2 heterocycles. The fraction of sp³-hybridized carbons (Fsp3) is 0.500. The second kappa shape index (κ2) is 11.9. The molecule has 2 amide bonds. The molecule has 0 aliphatic carbocycles. The van der Waals surface area contributed by atoms with Crippen LogP contribution in [0.1, 0.15) is 36.2 Å². The van der Waals surface area contributed by atoms with Crippen LogP contribution in [0.5, 0.6) is 11.5 Å². The van der Waals surface area contributed by atoms with Gasteiger partial charge in [-0.1, -0.05) is 6.07 Å². The number of thiophene rings is 1. The number of rotatable bonds is 10. The molecule has 0 bridgehead atoms. The van der Waals surface area contributed by atoms with Crippen molar-refractivity contribution in [1.82, 2.24) is 15.5 Å². The minimum absolute atomic E-state index is 0.0256. The second-order valence-electron chi connectivity index (χ2n) is 8.07. The summed E-state index contributed by atoms with van der Waals surface area (Å²) in [4.78, 5) is 28.5. The first-order chi connectivity index (χ1) is 15.5. The lowest BCUT2D eigenvalue weighted by Gasteiger charge is -2.31. The normalized spacial score (nSPS) is 15.7. The van der Waals surface area contributed by atoms with Gasteiger partial charge in [-0.2, -0.15) is 0 Å². The SMILES string of the molecule is COc1ccc(OC)c(C(C)NC(=O)CN2CCC(C(=O)NCCc3cccs3)CC2)c1. The third-order valence-corrected chi connectivity index (χ3v) is 6.79. The largest absolute Gasteiger partial charge is 0.497 e. The van der Waals surface area contributed by atoms with Crippen LogP contribution in [-0.4, -0.2) is 57.1 Å². The van der Waals surface area contributed by atoms with Gasteiger partial charge < -0.3 is 20.1 Å². The number of hydrogen-bond donors (Lipinski definition) is 2. The van der Waals surface area contributed by atoms with E-state index in [1.165, 1.54) is 4.88 Å². The van der Waals surface area contributed by atoms with E-state index in [0.29, 0.717) is 18.8 Å². The number of carbonyl (C=O) groups excluding carboxylic acids is 2. The highest BCUT2D eigenvalue weighted by Gasteiger charge is 2.26. The number of hydrogen-bond acceptors (Lipinski definition) is 6. The van der Waals surface area contributed by atoms with E-state index >= 15 is 0 Å². The molecule has 7 nitrogen and oxygen atoms in total. The van der Waals surface area contributed by atoms with Crippen LogP contribution in [0.2, 0.25) is 0 Å². The Labute approximate surface area is 194 Å². The summed E-state index contributed by atoms with van der Waals surface area (Å²) in [5, 5.41) is 8.16. The van der Waals surface area contributed by atoms with Crippen molar-refractivity contribution < 1.29 is 19.1 Å². The Morgan fingerprint density at radius 2 is 1.97 bits per heavy atom. The highest BCUT2D eigenvalue weighted by molar-refractivity contribution is 7.09. The predicted octanol–water partition coefficient (Wildman–Crippen LogP) is 3.01. The molecule has 1 aromatic heterocycles. The number of likely N-dealkylation sites (tertiary alicyclic amines) is 1. The monoisotopic (exact) mass is 459 g/mol. The van der Waals surface area contributed by atoms with E-state index < -0.39 is 0 Å². The van der Waals surface area contributed by atoms with Crippen LogP contribution < -0.4 is 20.1 Å². The Morgan fingerprint density at radius 1 is 1.19 bits per heavy atom. The number of nitrogens with one attached hydrogen (secondary N) is 2. The molecule has 1 unspecified atom stereocenters. The van der Waals surface area contributed by atoms with Crippen LogP contribution in [0, 0.1) is 5.92 Å². The molecule has 1 aromatic carbocycles. The van der Waals surface area contributed by atoms with Crippen molar-refractivity contribution in [3.05, 3.63) is 46.2 Å². The predicted molar refractivity (Wildman–Crippen MR) is 126 cm³/mol. The van der Waals surface area contributed by atoms with E-state index in [2.05, 4.69) is 27.0 Å². The molecule has 0 saturated carbocycles. The van der Waals surface area contributed by atoms with Crippen LogP contribution in [-0.2, 0) is 16.0 Å². The smallest absolute Gasteiger partial charge is 0.234 e. The second-order valence-corrected chi connectivity index (χ2v) is 9.10. The molecule has 1 aliphatic rings. The van der Waals surface area contributed by atoms with E-state index in [1.54, 1.807) is 25.6 Å². The maximum atomic E-state index is 12.6. The lowest BCUT2D eigenvalue weighted by atomic mass is 9.96. The first-order valence-corrected chi connectivity index (χ1v) is 11.9. The molecule has 2 N–H and O–H groups in total. The Balaban J connectivity index is 1.41. The molecular weight excluding hydrogens is 426 g/mol. The molecule has 1 atom stereocenters. The topological polar surface area (TPSA) is 79.9 Å². The van der Waals surface area contributed by atoms with Gasteiger partial charge in [-0.25, -0.2) is 0 Å². The summed E-state index contributed by atoms with van der Waals surface area (Å²) >= 11 is 1.71. The molecule has 1 fully saturated rings. The molecule has 3 rings (SSSR count). The minimum Gasteiger partial charge on any atom is -0.497 e. The van der Waals surface area contributed by atoms with Crippen molar-refractivity contribution in [2.45, 2.75) is 32.2 Å². The number of methoxy groups -OCH3 is 2. The van der Waals surface area contributed by atoms with Gasteiger partial charge in [0.05, 0.1) is 26.8 Å². The fourth-order valence-corrected chi connectivity index (χ4v) is 4.72. The van der Waals surface area contributed by atoms with Crippen LogP contribution in [0.25, 0.3) is 0 Å². The maximum Gasteiger partial charge on any atom is 0.234 e. The summed E-state index contributed by atoms with van der Waals surface area (Å²) in [6.07, 6.45) is 2.42. The van der Waals surface area contributed by atoms with Gasteiger partial charge in [-0.3, -0.25) is 14.5 Å². The van der Waals surface area contributed by atoms with Gasteiger partial charge in [0.25, 0.3) is 0 Å². The van der Waals surface area contributed by atoms with E-state index in [9.17, 15) is 9.59 Å². The summed E-state index contributed by atoms with van der Waals surface area (Å²) in [5.41, 5.74) is 0.873. The number of piperidine rings is 1. The molecule has 8 heteroatoms. The Hall–Kier alpha value is -2.58. The fourth-order valence-electron chi connectivity index (χ4n) is 4.01. The van der Waals surface area contributed by atoms with Crippen molar-refractivity contribution >= 4 is 23.2 Å². The van der Waals surface area contributed by atoms with Crippen molar-refractivity contribution in [3.63, 3.8) is 0 Å². The van der Waals surface area contributed by atoms with Crippen LogP contribution >= 0.6 is 11.3 Å². The molecular formula is C24H33N3O4S. The zero-order chi connectivity index (χ0) is 22.9. The van der Waals surface area contributed by atoms with Gasteiger partial charge in [0, 0.05) is 22.9 Å². The van der Waals surface area contributed by atoms with E-state index in [-0.39, 0.29) is 23.8 Å². The zero-order valence-corrected chi connectivity index (χ0v) is 19.9. The highest BCUT2D eigenvalue weighted by Crippen LogP contribution is 2.29. The van der Waals surface area contributed by atoms with Gasteiger partial charge >= 0.3 is 0 Å². The zero-order valence-electron chi connectivity index (χ0n) is 19.1. The third kappa shape index (κ3) is 6.71. The lowest BCUT2D eigenvalue weighted by Crippen LogP contribution is -2.45. The van der Waals surface area contributed by atoms with Gasteiger partial charge in [-0.15, -0.1) is 11.3 Å². The van der Waals surface area contributed by atoms with Gasteiger partial charge in [-0.05, 0) is 68.9 Å². The lowest BCUT2D eigenvalue weighted by molar-refractivity contribution is -0.126. The Morgan fingerprint density at radius 3 is 2.62 bits per heavy atom. The standard InChI is InChI=1S/C24H33N3O4S/c1-17(21-15-19(30-2)6-7-22(21)31-3)26-23(28)16-27-12-9-18(10-13-27)24(29)25-11-8-20-5-4-14-32-20/h4-7,14-15,17-18H,8-13,16H2,1-3H3,(H,25,29)(H,26,28). The minimum atomic E-state index is -0.209. The number of amides is 2. The first-order valence-electron chi connectivity index (χ1n) is 11.0. The number of benzene rings is 1. The number of nitrogens with zero attached hydrogens (tertiary/aromatic N) is 1. The number of carbonyl (C=O) groups is 2. The Bertz CT molecular complexity index is 879. The van der Waals surface area contributed by atoms with Gasteiger partial charge in [0.15, 0.2) is 0 Å². The average molecular weight is 460 g/mol. The Kier molecular flexibility index (Phi) is 8.93. The molecule has 0 radical (unpaired) electrons. The molecule has 0 spiro atoms. The van der Waals surface area contributed by atoms with E-state index in [4.69, 9.17) is 9.47 Å². The van der Waals surface area contributed by atoms with E-state index in [1.807, 2.05) is 31.2 Å². The molecule has 1 aliphatic heterocycles. The van der Waals surface area contributed by atoms with Crippen LogP contribution in [0.15, 0.2) is 35.7 Å². The highest BCUT2D eigenvalue weighted by atomic mass is 32.1. The van der Waals surface area contributed by atoms with Crippen molar-refractivity contribution in [1.29, 1.82) is 0 Å². The first kappa shape index (κ1) is 24.1. The van der Waals surface area contributed by atoms with Crippen LogP contribution in [0.4, 0.5) is 0 Å². The van der Waals surface area contributed by atoms with Crippen molar-refractivity contribution in [2.75, 3.05) is 40.4 Å². The van der Waals surface area contributed by atoms with Crippen molar-refractivity contribution in [3.8, 4) is 11.5 Å². The summed E-state index contributed by atoms with van der Waals surface area (Å²) in [6.45, 7) is 4.42. The summed E-state index contributed by atoms with van der Waals surface area (Å²) in [7, 11) is 3.23. The molecule has 1 saturated heterocycles. The quantitative estimate of drug-likeness (QED) is 0.571. The van der Waals surface area contributed by atoms with Gasteiger partial charge in [0.2, 0.25) is 11.8 Å². The molecule has 174 valence electrons. The maximum absolute atomic E-state index is 12.6. The molecule has 32 heavy (non-hydrogen) atoms. The summed E-state index contributed by atoms with van der Waals surface area (Å²) in [6, 6.07) is 9.46. The number of ether oxygens (including phenoxy) is 2.